The minimum absolute atomic E-state index is 0.104. The van der Waals surface area contributed by atoms with Crippen molar-refractivity contribution in [2.75, 3.05) is 0 Å². The Bertz CT molecular complexity index is 567. The first-order chi connectivity index (χ1) is 8.24. The third-order valence-corrected chi connectivity index (χ3v) is 2.79. The summed E-state index contributed by atoms with van der Waals surface area (Å²) in [6.07, 6.45) is 5.53. The van der Waals surface area contributed by atoms with Crippen LogP contribution in [0.2, 0.25) is 0 Å². The van der Waals surface area contributed by atoms with Crippen molar-refractivity contribution in [2.45, 2.75) is 13.8 Å². The van der Waals surface area contributed by atoms with Crippen molar-refractivity contribution in [3.8, 4) is 0 Å². The average Bonchev–Trinajstić information content (AvgIpc) is 2.37. The van der Waals surface area contributed by atoms with Crippen molar-refractivity contribution in [2.24, 2.45) is 5.92 Å². The SMILES string of the molecule is C/C=C/C(C)C(=O)c1cccc2cccnc12. The first kappa shape index (κ1) is 11.5. The number of pyridine rings is 1. The minimum atomic E-state index is -0.104. The Labute approximate surface area is 101 Å². The van der Waals surface area contributed by atoms with Crippen molar-refractivity contribution < 1.29 is 4.79 Å². The van der Waals surface area contributed by atoms with Gasteiger partial charge in [0.25, 0.3) is 0 Å². The molecule has 0 fully saturated rings. The first-order valence-electron chi connectivity index (χ1n) is 5.75. The smallest absolute Gasteiger partial charge is 0.171 e. The number of carbonyl (C=O) groups is 1. The van der Waals surface area contributed by atoms with Crippen LogP contribution in [0.15, 0.2) is 48.7 Å². The number of hydrogen-bond acceptors (Lipinski definition) is 2. The summed E-state index contributed by atoms with van der Waals surface area (Å²) in [7, 11) is 0. The second kappa shape index (κ2) is 4.91. The number of allylic oxidation sites excluding steroid dienone is 2. The van der Waals surface area contributed by atoms with E-state index in [0.717, 1.165) is 10.9 Å². The highest BCUT2D eigenvalue weighted by Gasteiger charge is 2.15. The molecule has 0 spiro atoms. The van der Waals surface area contributed by atoms with Gasteiger partial charge in [-0.25, -0.2) is 0 Å². The predicted molar refractivity (Wildman–Crippen MR) is 70.1 cm³/mol. The van der Waals surface area contributed by atoms with Crippen molar-refractivity contribution in [1.29, 1.82) is 0 Å². The highest BCUT2D eigenvalue weighted by Crippen LogP contribution is 2.19. The summed E-state index contributed by atoms with van der Waals surface area (Å²) >= 11 is 0. The van der Waals surface area contributed by atoms with E-state index in [2.05, 4.69) is 4.98 Å². The summed E-state index contributed by atoms with van der Waals surface area (Å²) in [6, 6.07) is 9.57. The third-order valence-electron chi connectivity index (χ3n) is 2.79. The lowest BCUT2D eigenvalue weighted by atomic mass is 9.97. The number of ketones is 1. The molecule has 2 heteroatoms. The molecule has 1 aromatic carbocycles. The Kier molecular flexibility index (Phi) is 3.33. The predicted octanol–water partition coefficient (Wildman–Crippen LogP) is 3.63. The molecule has 0 aliphatic heterocycles. The van der Waals surface area contributed by atoms with Crippen LogP contribution in [-0.4, -0.2) is 10.8 Å². The molecule has 1 aromatic heterocycles. The van der Waals surface area contributed by atoms with E-state index in [4.69, 9.17) is 0 Å². The Hall–Kier alpha value is -1.96. The van der Waals surface area contributed by atoms with Crippen LogP contribution in [0.25, 0.3) is 10.9 Å². The Morgan fingerprint density at radius 1 is 1.29 bits per heavy atom. The molecule has 2 rings (SSSR count). The van der Waals surface area contributed by atoms with E-state index in [1.807, 2.05) is 56.3 Å². The molecule has 0 saturated carbocycles. The zero-order chi connectivity index (χ0) is 12.3. The highest BCUT2D eigenvalue weighted by molar-refractivity contribution is 6.08. The molecule has 0 N–H and O–H groups in total. The number of carbonyl (C=O) groups excluding carboxylic acids is 1. The van der Waals surface area contributed by atoms with Crippen LogP contribution in [0.3, 0.4) is 0 Å². The summed E-state index contributed by atoms with van der Waals surface area (Å²) in [5.74, 6) is 0.0139. The molecule has 1 unspecified atom stereocenters. The molecule has 0 aliphatic rings. The van der Waals surface area contributed by atoms with Crippen molar-refractivity contribution in [3.63, 3.8) is 0 Å². The third kappa shape index (κ3) is 2.26. The van der Waals surface area contributed by atoms with E-state index in [0.29, 0.717) is 5.56 Å². The van der Waals surface area contributed by atoms with E-state index < -0.39 is 0 Å². The fraction of sp³-hybridized carbons (Fsp3) is 0.200. The summed E-state index contributed by atoms with van der Waals surface area (Å²) in [5, 5.41) is 1.01. The Morgan fingerprint density at radius 2 is 2.06 bits per heavy atom. The molecule has 0 aliphatic carbocycles. The second-order valence-corrected chi connectivity index (χ2v) is 4.06. The maximum absolute atomic E-state index is 12.3. The molecular weight excluding hydrogens is 210 g/mol. The van der Waals surface area contributed by atoms with Crippen LogP contribution in [0.4, 0.5) is 0 Å². The topological polar surface area (TPSA) is 30.0 Å². The maximum atomic E-state index is 12.3. The van der Waals surface area contributed by atoms with Crippen LogP contribution >= 0.6 is 0 Å². The van der Waals surface area contributed by atoms with Crippen LogP contribution in [0.5, 0.6) is 0 Å². The van der Waals surface area contributed by atoms with Gasteiger partial charge in [0.2, 0.25) is 0 Å². The van der Waals surface area contributed by atoms with Gasteiger partial charge in [-0.2, -0.15) is 0 Å². The monoisotopic (exact) mass is 225 g/mol. The lowest BCUT2D eigenvalue weighted by Gasteiger charge is -2.07. The number of rotatable bonds is 3. The van der Waals surface area contributed by atoms with E-state index in [1.54, 1.807) is 6.20 Å². The number of Topliss-reactive ketones (excluding diaryl/α,β-unsaturated/α-hetero) is 1. The summed E-state index contributed by atoms with van der Waals surface area (Å²) in [5.41, 5.74) is 1.49. The molecule has 0 saturated heterocycles. The van der Waals surface area contributed by atoms with Crippen molar-refractivity contribution >= 4 is 16.7 Å². The van der Waals surface area contributed by atoms with Gasteiger partial charge in [-0.05, 0) is 19.1 Å². The van der Waals surface area contributed by atoms with Crippen LogP contribution in [-0.2, 0) is 0 Å². The van der Waals surface area contributed by atoms with Gasteiger partial charge < -0.3 is 0 Å². The van der Waals surface area contributed by atoms with E-state index in [9.17, 15) is 4.79 Å². The fourth-order valence-electron chi connectivity index (χ4n) is 1.92. The van der Waals surface area contributed by atoms with Gasteiger partial charge in [0.05, 0.1) is 5.52 Å². The number of para-hydroxylation sites is 1. The molecule has 0 radical (unpaired) electrons. The summed E-state index contributed by atoms with van der Waals surface area (Å²) in [6.45, 7) is 3.83. The molecular formula is C15H15NO. The molecule has 0 amide bonds. The molecule has 1 atom stereocenters. The Morgan fingerprint density at radius 3 is 2.82 bits per heavy atom. The number of nitrogens with zero attached hydrogens (tertiary/aromatic N) is 1. The van der Waals surface area contributed by atoms with Gasteiger partial charge in [-0.15, -0.1) is 0 Å². The van der Waals surface area contributed by atoms with E-state index in [-0.39, 0.29) is 11.7 Å². The fourth-order valence-corrected chi connectivity index (χ4v) is 1.92. The first-order valence-corrected chi connectivity index (χ1v) is 5.75. The minimum Gasteiger partial charge on any atom is -0.293 e. The molecule has 2 aromatic rings. The van der Waals surface area contributed by atoms with E-state index in [1.165, 1.54) is 0 Å². The van der Waals surface area contributed by atoms with Gasteiger partial charge >= 0.3 is 0 Å². The lowest BCUT2D eigenvalue weighted by molar-refractivity contribution is 0.0954. The molecule has 17 heavy (non-hydrogen) atoms. The molecule has 1 heterocycles. The standard InChI is InChI=1S/C15H15NO/c1-3-6-11(2)15(17)13-9-4-7-12-8-5-10-16-14(12)13/h3-11H,1-2H3/b6-3+. The van der Waals surface area contributed by atoms with Gasteiger partial charge in [0.15, 0.2) is 5.78 Å². The Balaban J connectivity index is 2.52. The van der Waals surface area contributed by atoms with Crippen molar-refractivity contribution in [3.05, 3.63) is 54.2 Å². The van der Waals surface area contributed by atoms with Gasteiger partial charge in [-0.1, -0.05) is 37.3 Å². The molecule has 86 valence electrons. The normalized spacial score (nSPS) is 13.1. The zero-order valence-electron chi connectivity index (χ0n) is 10.1. The zero-order valence-corrected chi connectivity index (χ0v) is 10.1. The number of aromatic nitrogens is 1. The van der Waals surface area contributed by atoms with Crippen molar-refractivity contribution in [1.82, 2.24) is 4.98 Å². The van der Waals surface area contributed by atoms with Gasteiger partial charge in [-0.3, -0.25) is 9.78 Å². The quantitative estimate of drug-likeness (QED) is 0.589. The number of hydrogen-bond donors (Lipinski definition) is 0. The molecule has 2 nitrogen and oxygen atoms in total. The summed E-state index contributed by atoms with van der Waals surface area (Å²) in [4.78, 5) is 16.6. The number of benzene rings is 1. The maximum Gasteiger partial charge on any atom is 0.171 e. The number of fused-ring (bicyclic) bond motifs is 1. The molecule has 0 bridgehead atoms. The van der Waals surface area contributed by atoms with Crippen LogP contribution in [0.1, 0.15) is 24.2 Å². The van der Waals surface area contributed by atoms with E-state index >= 15 is 0 Å². The largest absolute Gasteiger partial charge is 0.293 e. The van der Waals surface area contributed by atoms with Crippen LogP contribution < -0.4 is 0 Å². The summed E-state index contributed by atoms with van der Waals surface area (Å²) < 4.78 is 0. The van der Waals surface area contributed by atoms with Crippen LogP contribution in [0, 0.1) is 5.92 Å². The average molecular weight is 225 g/mol. The highest BCUT2D eigenvalue weighted by atomic mass is 16.1. The van der Waals surface area contributed by atoms with Gasteiger partial charge in [0, 0.05) is 23.1 Å². The second-order valence-electron chi connectivity index (χ2n) is 4.06. The van der Waals surface area contributed by atoms with Gasteiger partial charge in [0.1, 0.15) is 0 Å². The lowest BCUT2D eigenvalue weighted by Crippen LogP contribution is -2.09.